The SMILES string of the molecule is C[C@H](NS(=O)(=O)c1cc(Br)ccc1F)C(=O)N1CCCC1. The molecule has 5 nitrogen and oxygen atoms in total. The first kappa shape index (κ1) is 16.4. The lowest BCUT2D eigenvalue weighted by Crippen LogP contribution is -2.46. The molecule has 0 radical (unpaired) electrons. The lowest BCUT2D eigenvalue weighted by atomic mass is 10.3. The summed E-state index contributed by atoms with van der Waals surface area (Å²) in [6.45, 7) is 2.74. The summed E-state index contributed by atoms with van der Waals surface area (Å²) in [4.78, 5) is 13.2. The third-order valence-corrected chi connectivity index (χ3v) is 5.35. The molecule has 0 aliphatic carbocycles. The van der Waals surface area contributed by atoms with E-state index in [9.17, 15) is 17.6 Å². The average Bonchev–Trinajstić information content (AvgIpc) is 2.94. The Morgan fingerprint density at radius 3 is 2.62 bits per heavy atom. The van der Waals surface area contributed by atoms with Gasteiger partial charge in [0.25, 0.3) is 0 Å². The Labute approximate surface area is 131 Å². The Kier molecular flexibility index (Phi) is 5.00. The maximum absolute atomic E-state index is 13.7. The second kappa shape index (κ2) is 6.41. The first-order valence-electron chi connectivity index (χ1n) is 6.57. The smallest absolute Gasteiger partial charge is 0.244 e. The second-order valence-corrected chi connectivity index (χ2v) is 7.55. The number of carbonyl (C=O) groups is 1. The molecular weight excluding hydrogens is 363 g/mol. The van der Waals surface area contributed by atoms with Gasteiger partial charge in [0.05, 0.1) is 6.04 Å². The molecule has 1 aliphatic rings. The van der Waals surface area contributed by atoms with E-state index in [0.29, 0.717) is 17.6 Å². The van der Waals surface area contributed by atoms with Crippen LogP contribution in [0.5, 0.6) is 0 Å². The summed E-state index contributed by atoms with van der Waals surface area (Å²) in [5, 5.41) is 0. The van der Waals surface area contributed by atoms with E-state index in [1.54, 1.807) is 4.90 Å². The summed E-state index contributed by atoms with van der Waals surface area (Å²) in [6, 6.07) is 2.72. The molecule has 1 amide bonds. The van der Waals surface area contributed by atoms with E-state index in [1.807, 2.05) is 0 Å². The zero-order valence-corrected chi connectivity index (χ0v) is 13.9. The van der Waals surface area contributed by atoms with Crippen molar-refractivity contribution >= 4 is 31.9 Å². The first-order valence-corrected chi connectivity index (χ1v) is 8.85. The van der Waals surface area contributed by atoms with Gasteiger partial charge in [0, 0.05) is 17.6 Å². The Morgan fingerprint density at radius 1 is 1.38 bits per heavy atom. The molecule has 1 saturated heterocycles. The van der Waals surface area contributed by atoms with E-state index in [-0.39, 0.29) is 5.91 Å². The number of benzene rings is 1. The van der Waals surface area contributed by atoms with Crippen LogP contribution in [0.3, 0.4) is 0 Å². The molecule has 8 heteroatoms. The van der Waals surface area contributed by atoms with Crippen LogP contribution in [-0.4, -0.2) is 38.4 Å². The number of nitrogens with one attached hydrogen (secondary N) is 1. The number of halogens is 2. The van der Waals surface area contributed by atoms with Gasteiger partial charge in [0.15, 0.2) is 0 Å². The van der Waals surface area contributed by atoms with Crippen molar-refractivity contribution in [2.45, 2.75) is 30.7 Å². The Balaban J connectivity index is 2.16. The van der Waals surface area contributed by atoms with Crippen molar-refractivity contribution in [3.63, 3.8) is 0 Å². The maximum Gasteiger partial charge on any atom is 0.244 e. The third kappa shape index (κ3) is 3.81. The van der Waals surface area contributed by atoms with Gasteiger partial charge in [0.2, 0.25) is 15.9 Å². The highest BCUT2D eigenvalue weighted by atomic mass is 79.9. The normalized spacial score (nSPS) is 17.0. The topological polar surface area (TPSA) is 66.5 Å². The fourth-order valence-corrected chi connectivity index (χ4v) is 4.05. The molecule has 1 aliphatic heterocycles. The second-order valence-electron chi connectivity index (χ2n) is 4.95. The lowest BCUT2D eigenvalue weighted by molar-refractivity contribution is -0.131. The van der Waals surface area contributed by atoms with Gasteiger partial charge in [-0.15, -0.1) is 0 Å². The summed E-state index contributed by atoms with van der Waals surface area (Å²) in [5.41, 5.74) is 0. The van der Waals surface area contributed by atoms with Crippen molar-refractivity contribution < 1.29 is 17.6 Å². The van der Waals surface area contributed by atoms with Crippen LogP contribution in [0.1, 0.15) is 19.8 Å². The van der Waals surface area contributed by atoms with Crippen LogP contribution in [0.2, 0.25) is 0 Å². The van der Waals surface area contributed by atoms with Gasteiger partial charge in [-0.05, 0) is 38.0 Å². The van der Waals surface area contributed by atoms with E-state index in [0.717, 1.165) is 18.9 Å². The molecule has 1 atom stereocenters. The van der Waals surface area contributed by atoms with Crippen molar-refractivity contribution in [1.82, 2.24) is 9.62 Å². The molecule has 1 aromatic rings. The van der Waals surface area contributed by atoms with E-state index < -0.39 is 26.8 Å². The number of sulfonamides is 1. The van der Waals surface area contributed by atoms with E-state index >= 15 is 0 Å². The van der Waals surface area contributed by atoms with Gasteiger partial charge >= 0.3 is 0 Å². The molecular formula is C13H16BrFN2O3S. The largest absolute Gasteiger partial charge is 0.341 e. The van der Waals surface area contributed by atoms with Gasteiger partial charge in [-0.2, -0.15) is 4.72 Å². The molecule has 2 rings (SSSR count). The van der Waals surface area contributed by atoms with Crippen molar-refractivity contribution in [3.8, 4) is 0 Å². The number of hydrogen-bond acceptors (Lipinski definition) is 3. The van der Waals surface area contributed by atoms with E-state index in [2.05, 4.69) is 20.7 Å². The van der Waals surface area contributed by atoms with Gasteiger partial charge in [-0.3, -0.25) is 4.79 Å². The predicted molar refractivity (Wildman–Crippen MR) is 79.7 cm³/mol. The van der Waals surface area contributed by atoms with Crippen LogP contribution >= 0.6 is 15.9 Å². The van der Waals surface area contributed by atoms with Crippen LogP contribution in [0, 0.1) is 5.82 Å². The highest BCUT2D eigenvalue weighted by Crippen LogP contribution is 2.20. The van der Waals surface area contributed by atoms with Crippen LogP contribution in [0.15, 0.2) is 27.6 Å². The zero-order chi connectivity index (χ0) is 15.6. The molecule has 0 spiro atoms. The van der Waals surface area contributed by atoms with Crippen LogP contribution in [-0.2, 0) is 14.8 Å². The molecule has 1 N–H and O–H groups in total. The third-order valence-electron chi connectivity index (χ3n) is 3.30. The number of carbonyl (C=O) groups excluding carboxylic acids is 1. The van der Waals surface area contributed by atoms with E-state index in [1.165, 1.54) is 19.1 Å². The molecule has 0 unspecified atom stereocenters. The lowest BCUT2D eigenvalue weighted by Gasteiger charge is -2.21. The zero-order valence-electron chi connectivity index (χ0n) is 11.5. The minimum atomic E-state index is -4.09. The molecule has 0 aromatic heterocycles. The van der Waals surface area contributed by atoms with Crippen LogP contribution < -0.4 is 4.72 Å². The number of rotatable bonds is 4. The Morgan fingerprint density at radius 2 is 2.00 bits per heavy atom. The van der Waals surface area contributed by atoms with Gasteiger partial charge in [0.1, 0.15) is 10.7 Å². The average molecular weight is 379 g/mol. The fourth-order valence-electron chi connectivity index (χ4n) is 2.24. The van der Waals surface area contributed by atoms with Crippen molar-refractivity contribution in [1.29, 1.82) is 0 Å². The first-order chi connectivity index (χ1) is 9.81. The number of likely N-dealkylation sites (tertiary alicyclic amines) is 1. The number of amides is 1. The standard InChI is InChI=1S/C13H16BrFN2O3S/c1-9(13(18)17-6-2-3-7-17)16-21(19,20)12-8-10(14)4-5-11(12)15/h4-5,8-9,16H,2-3,6-7H2,1H3/t9-/m0/s1. The minimum Gasteiger partial charge on any atom is -0.341 e. The van der Waals surface area contributed by atoms with E-state index in [4.69, 9.17) is 0 Å². The summed E-state index contributed by atoms with van der Waals surface area (Å²) in [5.74, 6) is -1.14. The summed E-state index contributed by atoms with van der Waals surface area (Å²) >= 11 is 3.10. The highest BCUT2D eigenvalue weighted by Gasteiger charge is 2.28. The quantitative estimate of drug-likeness (QED) is 0.869. The van der Waals surface area contributed by atoms with Crippen molar-refractivity contribution in [2.24, 2.45) is 0 Å². The maximum atomic E-state index is 13.7. The Hall–Kier alpha value is -0.990. The van der Waals surface area contributed by atoms with Crippen molar-refractivity contribution in [3.05, 3.63) is 28.5 Å². The fraction of sp³-hybridized carbons (Fsp3) is 0.462. The van der Waals surface area contributed by atoms with Crippen LogP contribution in [0.4, 0.5) is 4.39 Å². The molecule has 1 heterocycles. The Bertz CT molecular complexity index is 645. The van der Waals surface area contributed by atoms with Gasteiger partial charge < -0.3 is 4.90 Å². The molecule has 0 saturated carbocycles. The molecule has 1 aromatic carbocycles. The van der Waals surface area contributed by atoms with Crippen molar-refractivity contribution in [2.75, 3.05) is 13.1 Å². The summed E-state index contributed by atoms with van der Waals surface area (Å²) in [6.07, 6.45) is 1.84. The summed E-state index contributed by atoms with van der Waals surface area (Å²) in [7, 11) is -4.09. The molecule has 1 fully saturated rings. The predicted octanol–water partition coefficient (Wildman–Crippen LogP) is 1.88. The minimum absolute atomic E-state index is 0.286. The summed E-state index contributed by atoms with van der Waals surface area (Å²) < 4.78 is 40.8. The molecule has 0 bridgehead atoms. The molecule has 116 valence electrons. The number of hydrogen-bond donors (Lipinski definition) is 1. The van der Waals surface area contributed by atoms with Crippen LogP contribution in [0.25, 0.3) is 0 Å². The molecule has 21 heavy (non-hydrogen) atoms. The van der Waals surface area contributed by atoms with Gasteiger partial charge in [-0.1, -0.05) is 15.9 Å². The highest BCUT2D eigenvalue weighted by molar-refractivity contribution is 9.10. The number of nitrogens with zero attached hydrogens (tertiary/aromatic N) is 1. The van der Waals surface area contributed by atoms with Gasteiger partial charge in [-0.25, -0.2) is 12.8 Å². The monoisotopic (exact) mass is 378 g/mol.